The third-order valence-corrected chi connectivity index (χ3v) is 5.54. The van der Waals surface area contributed by atoms with Crippen LogP contribution in [0.2, 0.25) is 0 Å². The number of rotatable bonds is 5. The average molecular weight is 403 g/mol. The molecule has 1 aliphatic rings. The molecule has 1 amide bonds. The van der Waals surface area contributed by atoms with Crippen molar-refractivity contribution in [3.05, 3.63) is 65.2 Å². The number of carbonyl (C=O) groups excluding carboxylic acids is 2. The number of carbonyl (C=O) groups is 2. The molecule has 0 atom stereocenters. The first-order chi connectivity index (χ1) is 14.5. The average Bonchev–Trinajstić information content (AvgIpc) is 3.29. The van der Waals surface area contributed by atoms with Crippen LogP contribution in [0.3, 0.4) is 0 Å². The number of pyridine rings is 1. The van der Waals surface area contributed by atoms with Gasteiger partial charge in [-0.2, -0.15) is 0 Å². The van der Waals surface area contributed by atoms with Crippen LogP contribution in [-0.2, 0) is 9.53 Å². The van der Waals surface area contributed by atoms with Gasteiger partial charge in [-0.05, 0) is 56.0 Å². The van der Waals surface area contributed by atoms with E-state index in [1.165, 1.54) is 0 Å². The minimum atomic E-state index is -0.536. The van der Waals surface area contributed by atoms with Gasteiger partial charge in [-0.25, -0.2) is 9.78 Å². The van der Waals surface area contributed by atoms with Gasteiger partial charge in [0.2, 0.25) is 0 Å². The molecule has 0 bridgehead atoms. The monoisotopic (exact) mass is 403 g/mol. The number of esters is 1. The summed E-state index contributed by atoms with van der Waals surface area (Å²) in [6, 6.07) is 15.2. The van der Waals surface area contributed by atoms with Crippen LogP contribution in [0.5, 0.6) is 0 Å². The highest BCUT2D eigenvalue weighted by atomic mass is 16.5. The van der Waals surface area contributed by atoms with E-state index in [1.54, 1.807) is 6.07 Å². The summed E-state index contributed by atoms with van der Waals surface area (Å²) in [5.74, 6) is -0.272. The minimum Gasteiger partial charge on any atom is -0.452 e. The first-order valence-corrected chi connectivity index (χ1v) is 10.2. The molecule has 3 aromatic rings. The Morgan fingerprint density at radius 1 is 1.07 bits per heavy atom. The molecule has 30 heavy (non-hydrogen) atoms. The largest absolute Gasteiger partial charge is 0.452 e. The predicted octanol–water partition coefficient (Wildman–Crippen LogP) is 4.25. The highest BCUT2D eigenvalue weighted by Crippen LogP contribution is 2.27. The Balaban J connectivity index is 1.51. The van der Waals surface area contributed by atoms with E-state index in [-0.39, 0.29) is 12.5 Å². The highest BCUT2D eigenvalue weighted by Gasteiger charge is 2.23. The lowest BCUT2D eigenvalue weighted by atomic mass is 10.1. The summed E-state index contributed by atoms with van der Waals surface area (Å²) in [5.41, 5.74) is 4.04. The van der Waals surface area contributed by atoms with Crippen molar-refractivity contribution in [1.82, 2.24) is 4.98 Å². The summed E-state index contributed by atoms with van der Waals surface area (Å²) in [5, 5.41) is 3.68. The van der Waals surface area contributed by atoms with Crippen molar-refractivity contribution < 1.29 is 14.3 Å². The smallest absolute Gasteiger partial charge is 0.342 e. The Bertz CT molecular complexity index is 1100. The van der Waals surface area contributed by atoms with Crippen LogP contribution in [0, 0.1) is 13.8 Å². The van der Waals surface area contributed by atoms with Gasteiger partial charge in [-0.15, -0.1) is 0 Å². The van der Waals surface area contributed by atoms with Gasteiger partial charge < -0.3 is 15.0 Å². The number of anilines is 2. The number of amides is 1. The summed E-state index contributed by atoms with van der Waals surface area (Å²) in [7, 11) is 0. The Morgan fingerprint density at radius 3 is 2.63 bits per heavy atom. The Hall–Kier alpha value is -3.41. The van der Waals surface area contributed by atoms with Gasteiger partial charge >= 0.3 is 5.97 Å². The molecule has 6 nitrogen and oxygen atoms in total. The quantitative estimate of drug-likeness (QED) is 0.645. The molecule has 0 saturated carbocycles. The van der Waals surface area contributed by atoms with Crippen molar-refractivity contribution in [3.8, 4) is 0 Å². The number of aryl methyl sites for hydroxylation is 1. The lowest BCUT2D eigenvalue weighted by Crippen LogP contribution is -2.25. The second kappa shape index (κ2) is 8.53. The van der Waals surface area contributed by atoms with Crippen LogP contribution in [0.15, 0.2) is 48.5 Å². The molecule has 154 valence electrons. The SMILES string of the molecule is Cc1cccc(NC(=O)COC(=O)c2cc3ccccc3nc2N2CCCC2)c1C. The first-order valence-electron chi connectivity index (χ1n) is 10.2. The van der Waals surface area contributed by atoms with Gasteiger partial charge in [0.1, 0.15) is 11.4 Å². The van der Waals surface area contributed by atoms with E-state index in [9.17, 15) is 9.59 Å². The number of aromatic nitrogens is 1. The number of para-hydroxylation sites is 1. The van der Waals surface area contributed by atoms with E-state index >= 15 is 0 Å². The number of nitrogens with one attached hydrogen (secondary N) is 1. The second-order valence-electron chi connectivity index (χ2n) is 7.62. The van der Waals surface area contributed by atoms with Crippen LogP contribution in [0.25, 0.3) is 10.9 Å². The summed E-state index contributed by atoms with van der Waals surface area (Å²) >= 11 is 0. The van der Waals surface area contributed by atoms with Gasteiger partial charge in [-0.3, -0.25) is 4.79 Å². The van der Waals surface area contributed by atoms with Crippen molar-refractivity contribution in [3.63, 3.8) is 0 Å². The lowest BCUT2D eigenvalue weighted by molar-refractivity contribution is -0.119. The molecule has 4 rings (SSSR count). The molecule has 0 spiro atoms. The minimum absolute atomic E-state index is 0.349. The van der Waals surface area contributed by atoms with Crippen LogP contribution in [0.1, 0.15) is 34.3 Å². The van der Waals surface area contributed by atoms with Gasteiger partial charge in [0.05, 0.1) is 5.52 Å². The molecule has 6 heteroatoms. The van der Waals surface area contributed by atoms with Crippen molar-refractivity contribution in [1.29, 1.82) is 0 Å². The summed E-state index contributed by atoms with van der Waals surface area (Å²) in [6.45, 7) is 5.30. The zero-order chi connectivity index (χ0) is 21.1. The van der Waals surface area contributed by atoms with Crippen molar-refractivity contribution in [2.45, 2.75) is 26.7 Å². The third-order valence-electron chi connectivity index (χ3n) is 5.54. The number of hydrogen-bond acceptors (Lipinski definition) is 5. The molecule has 2 aromatic carbocycles. The fourth-order valence-electron chi connectivity index (χ4n) is 3.71. The molecule has 1 aromatic heterocycles. The molecule has 1 saturated heterocycles. The topological polar surface area (TPSA) is 71.5 Å². The normalized spacial score (nSPS) is 13.5. The zero-order valence-electron chi connectivity index (χ0n) is 17.3. The first kappa shape index (κ1) is 19.9. The predicted molar refractivity (Wildman–Crippen MR) is 118 cm³/mol. The molecule has 0 aliphatic carbocycles. The fourth-order valence-corrected chi connectivity index (χ4v) is 3.71. The van der Waals surface area contributed by atoms with Crippen molar-refractivity contribution >= 4 is 34.3 Å². The Kier molecular flexibility index (Phi) is 5.65. The van der Waals surface area contributed by atoms with Crippen LogP contribution >= 0.6 is 0 Å². The summed E-state index contributed by atoms with van der Waals surface area (Å²) < 4.78 is 5.36. The number of ether oxygens (including phenoxy) is 1. The van der Waals surface area contributed by atoms with Crippen molar-refractivity contribution in [2.24, 2.45) is 0 Å². The van der Waals surface area contributed by atoms with E-state index in [2.05, 4.69) is 10.2 Å². The summed E-state index contributed by atoms with van der Waals surface area (Å²) in [6.07, 6.45) is 2.14. The molecule has 1 N–H and O–H groups in total. The Morgan fingerprint density at radius 2 is 1.83 bits per heavy atom. The molecule has 1 aliphatic heterocycles. The van der Waals surface area contributed by atoms with E-state index < -0.39 is 5.97 Å². The third kappa shape index (κ3) is 4.13. The van der Waals surface area contributed by atoms with Crippen molar-refractivity contribution in [2.75, 3.05) is 29.9 Å². The van der Waals surface area contributed by atoms with Gasteiger partial charge in [-0.1, -0.05) is 30.3 Å². The number of fused-ring (bicyclic) bond motifs is 1. The van der Waals surface area contributed by atoms with Gasteiger partial charge in [0.25, 0.3) is 5.91 Å². The van der Waals surface area contributed by atoms with Crippen LogP contribution in [0.4, 0.5) is 11.5 Å². The molecular formula is C24H25N3O3. The fraction of sp³-hybridized carbons (Fsp3) is 0.292. The maximum atomic E-state index is 12.9. The molecule has 0 unspecified atom stereocenters. The van der Waals surface area contributed by atoms with E-state index in [1.807, 2.05) is 56.3 Å². The molecule has 2 heterocycles. The lowest BCUT2D eigenvalue weighted by Gasteiger charge is -2.20. The Labute approximate surface area is 175 Å². The number of benzene rings is 2. The van der Waals surface area contributed by atoms with E-state index in [0.29, 0.717) is 11.4 Å². The maximum absolute atomic E-state index is 12.9. The van der Waals surface area contributed by atoms with Crippen LogP contribution < -0.4 is 10.2 Å². The summed E-state index contributed by atoms with van der Waals surface area (Å²) in [4.78, 5) is 32.1. The maximum Gasteiger partial charge on any atom is 0.342 e. The van der Waals surface area contributed by atoms with Gasteiger partial charge in [0, 0.05) is 24.2 Å². The molecular weight excluding hydrogens is 378 g/mol. The molecule has 1 fully saturated rings. The van der Waals surface area contributed by atoms with Gasteiger partial charge in [0.15, 0.2) is 6.61 Å². The highest BCUT2D eigenvalue weighted by molar-refractivity contribution is 6.01. The zero-order valence-corrected chi connectivity index (χ0v) is 17.3. The molecule has 0 radical (unpaired) electrons. The van der Waals surface area contributed by atoms with E-state index in [4.69, 9.17) is 9.72 Å². The van der Waals surface area contributed by atoms with E-state index in [0.717, 1.165) is 53.6 Å². The second-order valence-corrected chi connectivity index (χ2v) is 7.62. The standard InChI is InChI=1S/C24H25N3O3/c1-16-8-7-11-20(17(16)2)25-22(28)15-30-24(29)19-14-18-9-3-4-10-21(18)26-23(19)27-12-5-6-13-27/h3-4,7-11,14H,5-6,12-13,15H2,1-2H3,(H,25,28). The number of hydrogen-bond donors (Lipinski definition) is 1. The number of nitrogens with zero attached hydrogens (tertiary/aromatic N) is 2. The van der Waals surface area contributed by atoms with Crippen LogP contribution in [-0.4, -0.2) is 36.6 Å².